The van der Waals surface area contributed by atoms with Crippen LogP contribution in [0.4, 0.5) is 17.6 Å². The maximum Gasteiger partial charge on any atom is 0.449 e. The SMILES string of the molecule is OC(Cn1c(C(F)(F)F)nc2ccccc21)c1cccc(F)c1. The van der Waals surface area contributed by atoms with Crippen LogP contribution < -0.4 is 0 Å². The molecule has 2 aromatic carbocycles. The molecule has 23 heavy (non-hydrogen) atoms. The van der Waals surface area contributed by atoms with Gasteiger partial charge in [0, 0.05) is 0 Å². The second kappa shape index (κ2) is 5.66. The minimum Gasteiger partial charge on any atom is -0.387 e. The Balaban J connectivity index is 2.05. The molecule has 0 amide bonds. The highest BCUT2D eigenvalue weighted by Crippen LogP contribution is 2.32. The van der Waals surface area contributed by atoms with E-state index in [1.54, 1.807) is 12.1 Å². The fraction of sp³-hybridized carbons (Fsp3) is 0.188. The lowest BCUT2D eigenvalue weighted by molar-refractivity contribution is -0.147. The summed E-state index contributed by atoms with van der Waals surface area (Å²) in [5, 5.41) is 10.2. The number of hydrogen-bond donors (Lipinski definition) is 1. The van der Waals surface area contributed by atoms with Gasteiger partial charge in [0.25, 0.3) is 0 Å². The van der Waals surface area contributed by atoms with Gasteiger partial charge in [-0.05, 0) is 29.8 Å². The van der Waals surface area contributed by atoms with Gasteiger partial charge in [0.15, 0.2) is 0 Å². The van der Waals surface area contributed by atoms with Crippen molar-refractivity contribution in [3.05, 3.63) is 65.7 Å². The average Bonchev–Trinajstić information content (AvgIpc) is 2.86. The van der Waals surface area contributed by atoms with Crippen molar-refractivity contribution in [3.8, 4) is 0 Å². The van der Waals surface area contributed by atoms with E-state index in [0.717, 1.165) is 10.6 Å². The number of hydrogen-bond acceptors (Lipinski definition) is 2. The van der Waals surface area contributed by atoms with Crippen molar-refractivity contribution in [3.63, 3.8) is 0 Å². The minimum atomic E-state index is -4.65. The maximum atomic E-state index is 13.2. The Labute approximate surface area is 128 Å². The summed E-state index contributed by atoms with van der Waals surface area (Å²) in [6, 6.07) is 11.3. The highest BCUT2D eigenvalue weighted by molar-refractivity contribution is 5.76. The number of aliphatic hydroxyl groups is 1. The summed E-state index contributed by atoms with van der Waals surface area (Å²) in [5.74, 6) is -1.65. The smallest absolute Gasteiger partial charge is 0.387 e. The van der Waals surface area contributed by atoms with E-state index in [-0.39, 0.29) is 23.1 Å². The van der Waals surface area contributed by atoms with Crippen molar-refractivity contribution in [1.82, 2.24) is 9.55 Å². The van der Waals surface area contributed by atoms with Crippen LogP contribution in [0, 0.1) is 5.82 Å². The van der Waals surface area contributed by atoms with Gasteiger partial charge in [0.05, 0.1) is 23.7 Å². The van der Waals surface area contributed by atoms with Crippen LogP contribution in [0.2, 0.25) is 0 Å². The van der Waals surface area contributed by atoms with Crippen LogP contribution in [-0.2, 0) is 12.7 Å². The number of aliphatic hydroxyl groups excluding tert-OH is 1. The monoisotopic (exact) mass is 324 g/mol. The topological polar surface area (TPSA) is 38.0 Å². The summed E-state index contributed by atoms with van der Waals surface area (Å²) in [6.45, 7) is -0.376. The van der Waals surface area contributed by atoms with E-state index in [0.29, 0.717) is 0 Å². The van der Waals surface area contributed by atoms with Gasteiger partial charge in [-0.1, -0.05) is 24.3 Å². The molecule has 0 spiro atoms. The first kappa shape index (κ1) is 15.5. The molecule has 3 aromatic rings. The first-order valence-corrected chi connectivity index (χ1v) is 6.82. The highest BCUT2D eigenvalue weighted by Gasteiger charge is 2.38. The number of alkyl halides is 3. The Hall–Kier alpha value is -2.41. The number of halogens is 4. The Morgan fingerprint density at radius 1 is 1.09 bits per heavy atom. The molecule has 0 saturated carbocycles. The first-order valence-electron chi connectivity index (χ1n) is 6.82. The Morgan fingerprint density at radius 2 is 1.83 bits per heavy atom. The second-order valence-corrected chi connectivity index (χ2v) is 5.10. The molecule has 1 aromatic heterocycles. The summed E-state index contributed by atoms with van der Waals surface area (Å²) in [4.78, 5) is 3.60. The minimum absolute atomic E-state index is 0.186. The van der Waals surface area contributed by atoms with Gasteiger partial charge in [-0.2, -0.15) is 13.2 Å². The summed E-state index contributed by atoms with van der Waals surface area (Å²) in [6.07, 6.45) is -5.94. The number of rotatable bonds is 3. The van der Waals surface area contributed by atoms with Crippen molar-refractivity contribution in [2.24, 2.45) is 0 Å². The summed E-state index contributed by atoms with van der Waals surface area (Å²) >= 11 is 0. The molecule has 0 fully saturated rings. The van der Waals surface area contributed by atoms with Crippen molar-refractivity contribution in [1.29, 1.82) is 0 Å². The van der Waals surface area contributed by atoms with Gasteiger partial charge in [-0.25, -0.2) is 9.37 Å². The van der Waals surface area contributed by atoms with Crippen LogP contribution in [0.15, 0.2) is 48.5 Å². The summed E-state index contributed by atoms with van der Waals surface area (Å²) < 4.78 is 53.7. The van der Waals surface area contributed by atoms with Crippen molar-refractivity contribution >= 4 is 11.0 Å². The fourth-order valence-electron chi connectivity index (χ4n) is 2.47. The third-order valence-corrected chi connectivity index (χ3v) is 3.50. The van der Waals surface area contributed by atoms with Gasteiger partial charge >= 0.3 is 6.18 Å². The van der Waals surface area contributed by atoms with Crippen molar-refractivity contribution in [2.75, 3.05) is 0 Å². The molecule has 0 radical (unpaired) electrons. The zero-order chi connectivity index (χ0) is 16.6. The molecule has 0 aliphatic rings. The van der Waals surface area contributed by atoms with E-state index < -0.39 is 23.9 Å². The lowest BCUT2D eigenvalue weighted by atomic mass is 10.1. The van der Waals surface area contributed by atoms with E-state index in [2.05, 4.69) is 4.98 Å². The zero-order valence-corrected chi connectivity index (χ0v) is 11.8. The molecule has 1 heterocycles. The third kappa shape index (κ3) is 3.05. The highest BCUT2D eigenvalue weighted by atomic mass is 19.4. The number of imidazole rings is 1. The summed E-state index contributed by atoms with van der Waals surface area (Å²) in [5.41, 5.74) is 0.650. The van der Waals surface area contributed by atoms with Crippen LogP contribution in [0.3, 0.4) is 0 Å². The molecule has 0 saturated heterocycles. The molecule has 0 bridgehead atoms. The van der Waals surface area contributed by atoms with E-state index in [4.69, 9.17) is 0 Å². The Morgan fingerprint density at radius 3 is 2.52 bits per heavy atom. The van der Waals surface area contributed by atoms with Crippen molar-refractivity contribution < 1.29 is 22.7 Å². The predicted octanol–water partition coefficient (Wildman–Crippen LogP) is 3.93. The molecule has 1 atom stereocenters. The van der Waals surface area contributed by atoms with Gasteiger partial charge in [-0.15, -0.1) is 0 Å². The number of benzene rings is 2. The second-order valence-electron chi connectivity index (χ2n) is 5.10. The van der Waals surface area contributed by atoms with Crippen LogP contribution in [0.25, 0.3) is 11.0 Å². The summed E-state index contributed by atoms with van der Waals surface area (Å²) in [7, 11) is 0. The molecule has 0 aliphatic heterocycles. The molecular formula is C16H12F4N2O. The van der Waals surface area contributed by atoms with E-state index in [1.165, 1.54) is 30.3 Å². The lowest BCUT2D eigenvalue weighted by Gasteiger charge is -2.16. The molecule has 120 valence electrons. The molecule has 3 rings (SSSR count). The number of nitrogens with zero attached hydrogens (tertiary/aromatic N) is 2. The quantitative estimate of drug-likeness (QED) is 0.741. The van der Waals surface area contributed by atoms with Crippen LogP contribution in [-0.4, -0.2) is 14.7 Å². The van der Waals surface area contributed by atoms with Gasteiger partial charge in [0.1, 0.15) is 5.82 Å². The number of para-hydroxylation sites is 2. The van der Waals surface area contributed by atoms with Crippen LogP contribution >= 0.6 is 0 Å². The van der Waals surface area contributed by atoms with E-state index in [9.17, 15) is 22.7 Å². The molecule has 0 aliphatic carbocycles. The molecule has 7 heteroatoms. The predicted molar refractivity (Wildman–Crippen MR) is 76.1 cm³/mol. The molecule has 3 nitrogen and oxygen atoms in total. The average molecular weight is 324 g/mol. The number of aromatic nitrogens is 2. The Kier molecular flexibility index (Phi) is 3.81. The van der Waals surface area contributed by atoms with Crippen LogP contribution in [0.5, 0.6) is 0 Å². The molecule has 1 unspecified atom stereocenters. The van der Waals surface area contributed by atoms with Crippen molar-refractivity contribution in [2.45, 2.75) is 18.8 Å². The normalized spacial score (nSPS) is 13.4. The number of fused-ring (bicyclic) bond motifs is 1. The van der Waals surface area contributed by atoms with Gasteiger partial charge in [-0.3, -0.25) is 0 Å². The van der Waals surface area contributed by atoms with Gasteiger partial charge < -0.3 is 9.67 Å². The zero-order valence-electron chi connectivity index (χ0n) is 11.8. The maximum absolute atomic E-state index is 13.2. The third-order valence-electron chi connectivity index (χ3n) is 3.50. The lowest BCUT2D eigenvalue weighted by Crippen LogP contribution is -2.18. The Bertz CT molecular complexity index is 841. The van der Waals surface area contributed by atoms with Crippen LogP contribution in [0.1, 0.15) is 17.5 Å². The largest absolute Gasteiger partial charge is 0.449 e. The van der Waals surface area contributed by atoms with E-state index in [1.807, 2.05) is 0 Å². The van der Waals surface area contributed by atoms with Gasteiger partial charge in [0.2, 0.25) is 5.82 Å². The molecule has 1 N–H and O–H groups in total. The van der Waals surface area contributed by atoms with E-state index >= 15 is 0 Å². The standard InChI is InChI=1S/C16H12F4N2O/c17-11-5-3-4-10(8-11)14(23)9-22-13-7-2-1-6-12(13)21-15(22)16(18,19)20/h1-8,14,23H,9H2. The fourth-order valence-corrected chi connectivity index (χ4v) is 2.47. The first-order chi connectivity index (χ1) is 10.9. The molecular weight excluding hydrogens is 312 g/mol.